The molecule has 8 aliphatic rings. The van der Waals surface area contributed by atoms with Gasteiger partial charge in [0.15, 0.2) is 0 Å². The van der Waals surface area contributed by atoms with Gasteiger partial charge in [-0.25, -0.2) is 0 Å². The second-order valence-corrected chi connectivity index (χ2v) is 11.3. The van der Waals surface area contributed by atoms with Crippen LogP contribution in [0.5, 0.6) is 0 Å². The molecule has 138 valence electrons. The topological polar surface area (TPSA) is 26.3 Å². The van der Waals surface area contributed by atoms with Crippen LogP contribution >= 0.6 is 0 Å². The van der Waals surface area contributed by atoms with Crippen molar-refractivity contribution in [1.82, 2.24) is 0 Å². The van der Waals surface area contributed by atoms with Gasteiger partial charge in [0.05, 0.1) is 5.41 Å². The van der Waals surface area contributed by atoms with Gasteiger partial charge in [-0.2, -0.15) is 0 Å². The van der Waals surface area contributed by atoms with E-state index >= 15 is 0 Å². The highest BCUT2D eigenvalue weighted by Gasteiger charge is 2.60. The fourth-order valence-corrected chi connectivity index (χ4v) is 9.47. The molecule has 0 aromatic rings. The number of carbonyl (C=O) groups excluding carboxylic acids is 1. The molecule has 0 N–H and O–H groups in total. The van der Waals surface area contributed by atoms with E-state index in [0.717, 1.165) is 48.9 Å². The second kappa shape index (κ2) is 5.04. The number of rotatable bonds is 3. The number of esters is 1. The monoisotopic (exact) mass is 342 g/mol. The van der Waals surface area contributed by atoms with Crippen molar-refractivity contribution < 1.29 is 9.53 Å². The molecule has 0 saturated heterocycles. The molecular formula is C23H34O2. The van der Waals surface area contributed by atoms with Gasteiger partial charge in [0.25, 0.3) is 0 Å². The molecule has 8 fully saturated rings. The molecule has 3 unspecified atom stereocenters. The summed E-state index contributed by atoms with van der Waals surface area (Å²) in [7, 11) is 0. The van der Waals surface area contributed by atoms with Crippen LogP contribution in [0.25, 0.3) is 0 Å². The van der Waals surface area contributed by atoms with Crippen molar-refractivity contribution in [1.29, 1.82) is 0 Å². The van der Waals surface area contributed by atoms with Crippen LogP contribution in [0.4, 0.5) is 0 Å². The third-order valence-electron chi connectivity index (χ3n) is 9.77. The molecule has 0 aromatic heterocycles. The molecule has 8 saturated carbocycles. The summed E-state index contributed by atoms with van der Waals surface area (Å²) >= 11 is 0. The fourth-order valence-electron chi connectivity index (χ4n) is 9.47. The summed E-state index contributed by atoms with van der Waals surface area (Å²) in [5, 5.41) is 0. The molecule has 2 heteroatoms. The van der Waals surface area contributed by atoms with Gasteiger partial charge in [-0.3, -0.25) is 4.79 Å². The highest BCUT2D eigenvalue weighted by Crippen LogP contribution is 2.64. The second-order valence-electron chi connectivity index (χ2n) is 11.3. The minimum Gasteiger partial charge on any atom is -0.461 e. The van der Waals surface area contributed by atoms with Crippen molar-refractivity contribution in [2.45, 2.75) is 90.1 Å². The predicted octanol–water partition coefficient (Wildman–Crippen LogP) is 5.35. The average molecular weight is 343 g/mol. The van der Waals surface area contributed by atoms with Crippen molar-refractivity contribution >= 4 is 5.97 Å². The van der Waals surface area contributed by atoms with Gasteiger partial charge in [0.1, 0.15) is 6.10 Å². The molecule has 0 heterocycles. The smallest absolute Gasteiger partial charge is 0.312 e. The number of carbonyl (C=O) groups is 1. The number of ether oxygens (including phenoxy) is 1. The quantitative estimate of drug-likeness (QED) is 0.646. The maximum absolute atomic E-state index is 13.5. The van der Waals surface area contributed by atoms with Gasteiger partial charge in [0.2, 0.25) is 0 Å². The van der Waals surface area contributed by atoms with Crippen LogP contribution in [-0.2, 0) is 9.53 Å². The Hall–Kier alpha value is -0.530. The summed E-state index contributed by atoms with van der Waals surface area (Å²) in [4.78, 5) is 13.5. The van der Waals surface area contributed by atoms with E-state index in [9.17, 15) is 4.79 Å². The van der Waals surface area contributed by atoms with Crippen molar-refractivity contribution in [2.24, 2.45) is 46.3 Å². The minimum atomic E-state index is -0.0711. The van der Waals surface area contributed by atoms with Gasteiger partial charge >= 0.3 is 5.97 Å². The molecule has 2 nitrogen and oxygen atoms in total. The Balaban J connectivity index is 1.27. The van der Waals surface area contributed by atoms with E-state index in [1.54, 1.807) is 0 Å². The lowest BCUT2D eigenvalue weighted by Gasteiger charge is -2.61. The van der Waals surface area contributed by atoms with E-state index in [4.69, 9.17) is 4.74 Å². The first-order chi connectivity index (χ1) is 12.1. The lowest BCUT2D eigenvalue weighted by molar-refractivity contribution is -0.212. The van der Waals surface area contributed by atoms with E-state index in [2.05, 4.69) is 6.92 Å². The van der Waals surface area contributed by atoms with Gasteiger partial charge in [-0.05, 0) is 113 Å². The zero-order chi connectivity index (χ0) is 16.8. The Morgan fingerprint density at radius 2 is 1.28 bits per heavy atom. The standard InChI is InChI=1S/C23H34O2/c1-2-22-9-17-6-18(10-22)8-19(7-17)20(22)25-21(24)23-11-14-3-15(12-23)5-16(4-14)13-23/h14-20H,2-13H2,1H3. The average Bonchev–Trinajstić information content (AvgIpc) is 2.56. The molecule has 0 radical (unpaired) electrons. The van der Waals surface area contributed by atoms with Crippen LogP contribution in [0.1, 0.15) is 84.0 Å². The largest absolute Gasteiger partial charge is 0.461 e. The number of hydrogen-bond acceptors (Lipinski definition) is 2. The fraction of sp³-hybridized carbons (Fsp3) is 0.957. The van der Waals surface area contributed by atoms with E-state index in [-0.39, 0.29) is 17.5 Å². The summed E-state index contributed by atoms with van der Waals surface area (Å²) in [6.07, 6.45) is 16.0. The molecular weight excluding hydrogens is 308 g/mol. The third-order valence-corrected chi connectivity index (χ3v) is 9.77. The zero-order valence-corrected chi connectivity index (χ0v) is 15.8. The molecule has 0 aliphatic heterocycles. The maximum Gasteiger partial charge on any atom is 0.312 e. The van der Waals surface area contributed by atoms with Gasteiger partial charge < -0.3 is 4.74 Å². The normalized spacial score (nSPS) is 57.9. The van der Waals surface area contributed by atoms with Crippen LogP contribution in [0.15, 0.2) is 0 Å². The van der Waals surface area contributed by atoms with Crippen molar-refractivity contribution in [3.05, 3.63) is 0 Å². The Kier molecular flexibility index (Phi) is 3.13. The van der Waals surface area contributed by atoms with Crippen LogP contribution in [0.3, 0.4) is 0 Å². The van der Waals surface area contributed by atoms with E-state index in [0.29, 0.717) is 11.3 Å². The molecule has 8 rings (SSSR count). The van der Waals surface area contributed by atoms with Crippen LogP contribution in [0.2, 0.25) is 0 Å². The SMILES string of the molecule is CCC12CC3CC(CC(C3)C1OC(=O)C13CC4CC(CC(C4)C1)C3)C2. The van der Waals surface area contributed by atoms with Gasteiger partial charge in [-0.1, -0.05) is 6.92 Å². The first-order valence-corrected chi connectivity index (χ1v) is 11.3. The maximum atomic E-state index is 13.5. The third kappa shape index (κ3) is 2.12. The molecule has 0 aromatic carbocycles. The summed E-state index contributed by atoms with van der Waals surface area (Å²) < 4.78 is 6.57. The van der Waals surface area contributed by atoms with E-state index in [1.165, 1.54) is 57.8 Å². The lowest BCUT2D eigenvalue weighted by Crippen LogP contribution is -2.59. The molecule has 8 bridgehead atoms. The zero-order valence-electron chi connectivity index (χ0n) is 15.8. The number of hydrogen-bond donors (Lipinski definition) is 0. The summed E-state index contributed by atoms with van der Waals surface area (Å²) in [6, 6.07) is 0. The predicted molar refractivity (Wildman–Crippen MR) is 96.8 cm³/mol. The Morgan fingerprint density at radius 3 is 1.76 bits per heavy atom. The summed E-state index contributed by atoms with van der Waals surface area (Å²) in [5.74, 6) is 5.30. The molecule has 0 amide bonds. The Labute approximate surface area is 152 Å². The minimum absolute atomic E-state index is 0.0711. The van der Waals surface area contributed by atoms with Crippen molar-refractivity contribution in [3.63, 3.8) is 0 Å². The first-order valence-electron chi connectivity index (χ1n) is 11.3. The van der Waals surface area contributed by atoms with Crippen molar-refractivity contribution in [2.75, 3.05) is 0 Å². The lowest BCUT2D eigenvalue weighted by atomic mass is 9.47. The van der Waals surface area contributed by atoms with Gasteiger partial charge in [-0.15, -0.1) is 0 Å². The Morgan fingerprint density at radius 1 is 0.800 bits per heavy atom. The highest BCUT2D eigenvalue weighted by molar-refractivity contribution is 5.78. The Bertz CT molecular complexity index is 544. The van der Waals surface area contributed by atoms with Crippen LogP contribution in [-0.4, -0.2) is 12.1 Å². The van der Waals surface area contributed by atoms with E-state index < -0.39 is 0 Å². The molecule has 25 heavy (non-hydrogen) atoms. The van der Waals surface area contributed by atoms with E-state index in [1.807, 2.05) is 0 Å². The highest BCUT2D eigenvalue weighted by atomic mass is 16.5. The van der Waals surface area contributed by atoms with Crippen LogP contribution < -0.4 is 0 Å². The van der Waals surface area contributed by atoms with Crippen molar-refractivity contribution in [3.8, 4) is 0 Å². The van der Waals surface area contributed by atoms with Gasteiger partial charge in [0, 0.05) is 5.41 Å². The summed E-state index contributed by atoms with van der Waals surface area (Å²) in [5.41, 5.74) is 0.269. The molecule has 0 spiro atoms. The summed E-state index contributed by atoms with van der Waals surface area (Å²) in [6.45, 7) is 2.36. The molecule has 3 atom stereocenters. The van der Waals surface area contributed by atoms with Crippen LogP contribution in [0, 0.1) is 46.3 Å². The molecule has 8 aliphatic carbocycles. The first kappa shape index (κ1) is 15.5.